The molecule has 0 amide bonds. The molecular formula is C6H5ClFN. The molecular weight excluding hydrogens is 141 g/mol. The average Bonchev–Trinajstić information content (AvgIpc) is 1.88. The largest absolute Gasteiger partial charge is 0.244 e. The van der Waals surface area contributed by atoms with E-state index in [1.165, 1.54) is 0 Å². The molecule has 0 unspecified atom stereocenters. The van der Waals surface area contributed by atoms with E-state index in [4.69, 9.17) is 11.6 Å². The number of hydrogen-bond acceptors (Lipinski definition) is 1. The van der Waals surface area contributed by atoms with Crippen molar-refractivity contribution < 1.29 is 4.39 Å². The molecule has 0 aromatic carbocycles. The molecule has 0 aliphatic heterocycles. The lowest BCUT2D eigenvalue weighted by atomic mass is 10.4. The van der Waals surface area contributed by atoms with Gasteiger partial charge in [0.05, 0.1) is 5.69 Å². The van der Waals surface area contributed by atoms with Crippen molar-refractivity contribution >= 4 is 11.6 Å². The van der Waals surface area contributed by atoms with Crippen molar-refractivity contribution in [3.63, 3.8) is 0 Å². The lowest BCUT2D eigenvalue weighted by molar-refractivity contribution is 0.476. The molecule has 1 nitrogen and oxygen atoms in total. The van der Waals surface area contributed by atoms with Crippen LogP contribution in [0.3, 0.4) is 0 Å². The Bertz CT molecular complexity index is 202. The number of halogens is 2. The van der Waals surface area contributed by atoms with Gasteiger partial charge in [-0.3, -0.25) is 0 Å². The normalized spacial score (nSPS) is 9.56. The Morgan fingerprint density at radius 2 is 2.33 bits per heavy atom. The maximum atomic E-state index is 11.8. The second-order valence-electron chi connectivity index (χ2n) is 1.59. The molecule has 1 aromatic rings. The topological polar surface area (TPSA) is 12.9 Å². The molecule has 3 heteroatoms. The van der Waals surface area contributed by atoms with Crippen LogP contribution in [0.4, 0.5) is 4.39 Å². The van der Waals surface area contributed by atoms with Gasteiger partial charge in [-0.15, -0.1) is 0 Å². The highest BCUT2D eigenvalue weighted by Crippen LogP contribution is 2.05. The maximum Gasteiger partial charge on any atom is 0.131 e. The van der Waals surface area contributed by atoms with Crippen LogP contribution < -0.4 is 0 Å². The predicted octanol–water partition coefficient (Wildman–Crippen LogP) is 2.20. The van der Waals surface area contributed by atoms with E-state index >= 15 is 0 Å². The zero-order chi connectivity index (χ0) is 6.69. The first-order valence-electron chi connectivity index (χ1n) is 2.50. The smallest absolute Gasteiger partial charge is 0.131 e. The van der Waals surface area contributed by atoms with Gasteiger partial charge in [0, 0.05) is 0 Å². The molecule has 0 fully saturated rings. The molecule has 0 aliphatic rings. The SMILES string of the molecule is FCc1cccc(Cl)n1. The first-order valence-corrected chi connectivity index (χ1v) is 2.88. The van der Waals surface area contributed by atoms with Crippen molar-refractivity contribution in [3.8, 4) is 0 Å². The quantitative estimate of drug-likeness (QED) is 0.552. The highest BCUT2D eigenvalue weighted by Gasteiger charge is 1.91. The Morgan fingerprint density at radius 3 is 2.78 bits per heavy atom. The molecule has 48 valence electrons. The van der Waals surface area contributed by atoms with E-state index in [1.54, 1.807) is 18.2 Å². The Kier molecular flexibility index (Phi) is 2.01. The summed E-state index contributed by atoms with van der Waals surface area (Å²) in [5, 5.41) is 0.338. The summed E-state index contributed by atoms with van der Waals surface area (Å²) in [4.78, 5) is 3.68. The van der Waals surface area contributed by atoms with E-state index in [0.717, 1.165) is 0 Å². The standard InChI is InChI=1S/C6H5ClFN/c7-6-3-1-2-5(4-8)9-6/h1-3H,4H2. The summed E-state index contributed by atoms with van der Waals surface area (Å²) >= 11 is 5.45. The van der Waals surface area contributed by atoms with Crippen molar-refractivity contribution in [2.24, 2.45) is 0 Å². The summed E-state index contributed by atoms with van der Waals surface area (Å²) in [6.07, 6.45) is 0. The van der Waals surface area contributed by atoms with Crippen molar-refractivity contribution in [1.82, 2.24) is 4.98 Å². The summed E-state index contributed by atoms with van der Waals surface area (Å²) in [6, 6.07) is 4.87. The zero-order valence-corrected chi connectivity index (χ0v) is 5.40. The van der Waals surface area contributed by atoms with Gasteiger partial charge in [0.1, 0.15) is 11.8 Å². The zero-order valence-electron chi connectivity index (χ0n) is 4.64. The van der Waals surface area contributed by atoms with E-state index in [1.807, 2.05) is 0 Å². The third-order valence-corrected chi connectivity index (χ3v) is 1.12. The molecule has 9 heavy (non-hydrogen) atoms. The minimum absolute atomic E-state index is 0.338. The molecule has 1 aromatic heterocycles. The van der Waals surface area contributed by atoms with Crippen molar-refractivity contribution in [3.05, 3.63) is 29.0 Å². The first-order chi connectivity index (χ1) is 4.33. The number of nitrogens with zero attached hydrogens (tertiary/aromatic N) is 1. The minimum Gasteiger partial charge on any atom is -0.244 e. The van der Waals surface area contributed by atoms with Gasteiger partial charge in [-0.1, -0.05) is 17.7 Å². The summed E-state index contributed by atoms with van der Waals surface area (Å²) in [5.41, 5.74) is 0.377. The molecule has 0 saturated heterocycles. The van der Waals surface area contributed by atoms with Crippen molar-refractivity contribution in [2.75, 3.05) is 0 Å². The third kappa shape index (κ3) is 1.64. The van der Waals surface area contributed by atoms with Crippen LogP contribution in [-0.2, 0) is 6.67 Å². The second-order valence-corrected chi connectivity index (χ2v) is 1.97. The van der Waals surface area contributed by atoms with Crippen LogP contribution in [0.25, 0.3) is 0 Å². The fraction of sp³-hybridized carbons (Fsp3) is 0.167. The van der Waals surface area contributed by atoms with Gasteiger partial charge in [0.25, 0.3) is 0 Å². The Balaban J connectivity index is 2.94. The Hall–Kier alpha value is -0.630. The van der Waals surface area contributed by atoms with Gasteiger partial charge in [-0.05, 0) is 12.1 Å². The molecule has 0 N–H and O–H groups in total. The monoisotopic (exact) mass is 145 g/mol. The van der Waals surface area contributed by atoms with Crippen LogP contribution in [0.2, 0.25) is 5.15 Å². The third-order valence-electron chi connectivity index (χ3n) is 0.910. The van der Waals surface area contributed by atoms with Crippen LogP contribution in [0.5, 0.6) is 0 Å². The van der Waals surface area contributed by atoms with Gasteiger partial charge >= 0.3 is 0 Å². The number of alkyl halides is 1. The average molecular weight is 146 g/mol. The second kappa shape index (κ2) is 2.78. The number of hydrogen-bond donors (Lipinski definition) is 0. The van der Waals surface area contributed by atoms with Crippen LogP contribution >= 0.6 is 11.6 Å². The van der Waals surface area contributed by atoms with Gasteiger partial charge in [-0.25, -0.2) is 9.37 Å². The molecule has 1 heterocycles. The van der Waals surface area contributed by atoms with Gasteiger partial charge in [0.2, 0.25) is 0 Å². The number of rotatable bonds is 1. The Morgan fingerprint density at radius 1 is 1.56 bits per heavy atom. The molecule has 0 aliphatic carbocycles. The Labute approximate surface area is 57.5 Å². The van der Waals surface area contributed by atoms with E-state index in [2.05, 4.69) is 4.98 Å². The van der Waals surface area contributed by atoms with Gasteiger partial charge in [0.15, 0.2) is 0 Å². The fourth-order valence-electron chi connectivity index (χ4n) is 0.525. The molecule has 0 atom stereocenters. The highest BCUT2D eigenvalue weighted by molar-refractivity contribution is 6.29. The number of pyridine rings is 1. The predicted molar refractivity (Wildman–Crippen MR) is 34.1 cm³/mol. The van der Waals surface area contributed by atoms with Gasteiger partial charge in [-0.2, -0.15) is 0 Å². The lowest BCUT2D eigenvalue weighted by Gasteiger charge is -1.91. The summed E-state index contributed by atoms with van der Waals surface area (Å²) < 4.78 is 11.8. The lowest BCUT2D eigenvalue weighted by Crippen LogP contribution is -1.83. The van der Waals surface area contributed by atoms with Crippen LogP contribution in [0.1, 0.15) is 5.69 Å². The van der Waals surface area contributed by atoms with E-state index in [0.29, 0.717) is 10.8 Å². The molecule has 0 radical (unpaired) electrons. The van der Waals surface area contributed by atoms with E-state index in [-0.39, 0.29) is 0 Å². The van der Waals surface area contributed by atoms with Gasteiger partial charge < -0.3 is 0 Å². The van der Waals surface area contributed by atoms with Crippen molar-refractivity contribution in [2.45, 2.75) is 6.67 Å². The molecule has 1 rings (SSSR count). The molecule has 0 saturated carbocycles. The fourth-order valence-corrected chi connectivity index (χ4v) is 0.706. The summed E-state index contributed by atoms with van der Waals surface area (Å²) in [6.45, 7) is -0.555. The summed E-state index contributed by atoms with van der Waals surface area (Å²) in [7, 11) is 0. The maximum absolute atomic E-state index is 11.8. The molecule has 0 bridgehead atoms. The number of aromatic nitrogens is 1. The van der Waals surface area contributed by atoms with Crippen LogP contribution in [0.15, 0.2) is 18.2 Å². The van der Waals surface area contributed by atoms with Crippen molar-refractivity contribution in [1.29, 1.82) is 0 Å². The minimum atomic E-state index is -0.555. The van der Waals surface area contributed by atoms with Crippen LogP contribution in [0, 0.1) is 0 Å². The highest BCUT2D eigenvalue weighted by atomic mass is 35.5. The molecule has 0 spiro atoms. The van der Waals surface area contributed by atoms with E-state index in [9.17, 15) is 4.39 Å². The van der Waals surface area contributed by atoms with Crippen LogP contribution in [-0.4, -0.2) is 4.98 Å². The first kappa shape index (κ1) is 6.49. The summed E-state index contributed by atoms with van der Waals surface area (Å²) in [5.74, 6) is 0. The van der Waals surface area contributed by atoms with E-state index < -0.39 is 6.67 Å².